The molecule has 2 heterocycles. The van der Waals surface area contributed by atoms with Crippen molar-refractivity contribution in [3.05, 3.63) is 35.9 Å². The highest BCUT2D eigenvalue weighted by atomic mass is 32.2. The van der Waals surface area contributed by atoms with Gasteiger partial charge in [0.05, 0.1) is 18.0 Å². The molecule has 1 aromatic rings. The molecule has 1 aromatic carbocycles. The largest absolute Gasteiger partial charge is 0.343 e. The lowest BCUT2D eigenvalue weighted by Crippen LogP contribution is -2.58. The van der Waals surface area contributed by atoms with Gasteiger partial charge in [0.15, 0.2) is 0 Å². The summed E-state index contributed by atoms with van der Waals surface area (Å²) in [6, 6.07) is 6.09. The summed E-state index contributed by atoms with van der Waals surface area (Å²) in [5.74, 6) is 4.91. The smallest absolute Gasteiger partial charge is 0.247 e. The Balaban J connectivity index is 1.87. The minimum atomic E-state index is -0.941. The molecule has 3 rings (SSSR count). The van der Waals surface area contributed by atoms with Gasteiger partial charge in [0.25, 0.3) is 0 Å². The number of fused-ring (bicyclic) bond motifs is 1. The third-order valence-electron chi connectivity index (χ3n) is 6.90. The van der Waals surface area contributed by atoms with Crippen LogP contribution in [0, 0.1) is 17.3 Å². The topological polar surface area (TPSA) is 120 Å². The number of amides is 4. The number of benzene rings is 1. The minimum absolute atomic E-state index is 0.166. The SMILES string of the molecule is CC#CCNC(=O)[C@@H](NC(=O)[C@H]1N2C(=O)[C@@H](NC(=O)[C@H](C)NC)CCS[C@H]2CC1(C)C)c1ccccc1. The number of likely N-dealkylation sites (N-methyl/N-ethyl adjacent to an activating group) is 1. The maximum absolute atomic E-state index is 13.9. The lowest BCUT2D eigenvalue weighted by Gasteiger charge is -2.35. The number of nitrogens with one attached hydrogen (secondary N) is 4. The van der Waals surface area contributed by atoms with E-state index in [0.717, 1.165) is 0 Å². The van der Waals surface area contributed by atoms with E-state index in [2.05, 4.69) is 33.1 Å². The van der Waals surface area contributed by atoms with Crippen LogP contribution in [0.3, 0.4) is 0 Å². The summed E-state index contributed by atoms with van der Waals surface area (Å²) in [4.78, 5) is 54.8. The third-order valence-corrected chi connectivity index (χ3v) is 8.15. The summed E-state index contributed by atoms with van der Waals surface area (Å²) >= 11 is 1.63. The fourth-order valence-corrected chi connectivity index (χ4v) is 6.35. The lowest BCUT2D eigenvalue weighted by atomic mass is 9.83. The van der Waals surface area contributed by atoms with Crippen molar-refractivity contribution in [1.82, 2.24) is 26.2 Å². The predicted octanol–water partition coefficient (Wildman–Crippen LogP) is 1.17. The van der Waals surface area contributed by atoms with Crippen molar-refractivity contribution in [2.75, 3.05) is 19.3 Å². The summed E-state index contributed by atoms with van der Waals surface area (Å²) in [5, 5.41) is 11.2. The van der Waals surface area contributed by atoms with Crippen LogP contribution in [0.15, 0.2) is 30.3 Å². The van der Waals surface area contributed by atoms with Crippen molar-refractivity contribution in [1.29, 1.82) is 0 Å². The van der Waals surface area contributed by atoms with Crippen LogP contribution in [0.4, 0.5) is 0 Å². The van der Waals surface area contributed by atoms with E-state index in [4.69, 9.17) is 0 Å². The molecular formula is C27H37N5O4S. The molecule has 0 saturated carbocycles. The van der Waals surface area contributed by atoms with E-state index >= 15 is 0 Å². The van der Waals surface area contributed by atoms with Crippen LogP contribution in [0.25, 0.3) is 0 Å². The molecule has 0 aliphatic carbocycles. The standard InChI is InChI=1S/C27H37N5O4S/c1-6-7-14-29-24(34)21(18-11-9-8-10-12-18)31-25(35)22-27(3,4)16-20-32(22)26(36)19(13-15-37-20)30-23(33)17(2)28-5/h8-12,17,19-22,28H,13-16H2,1-5H3,(H,29,34)(H,30,33)(H,31,35)/t17-,19-,20-,21-,22+/m0/s1. The van der Waals surface area contributed by atoms with Crippen LogP contribution in [-0.4, -0.2) is 71.4 Å². The van der Waals surface area contributed by atoms with Gasteiger partial charge in [0, 0.05) is 0 Å². The quantitative estimate of drug-likeness (QED) is 0.377. The maximum Gasteiger partial charge on any atom is 0.247 e. The number of carbonyl (C=O) groups excluding carboxylic acids is 4. The van der Waals surface area contributed by atoms with E-state index < -0.39 is 35.5 Å². The highest BCUT2D eigenvalue weighted by molar-refractivity contribution is 7.99. The van der Waals surface area contributed by atoms with Gasteiger partial charge >= 0.3 is 0 Å². The van der Waals surface area contributed by atoms with Gasteiger partial charge in [-0.1, -0.05) is 50.1 Å². The highest BCUT2D eigenvalue weighted by Crippen LogP contribution is 2.46. The van der Waals surface area contributed by atoms with Crippen LogP contribution in [-0.2, 0) is 19.2 Å². The second kappa shape index (κ2) is 12.5. The molecule has 2 aliphatic heterocycles. The monoisotopic (exact) mass is 527 g/mol. The first-order valence-corrected chi connectivity index (χ1v) is 13.6. The van der Waals surface area contributed by atoms with E-state index in [1.54, 1.807) is 61.8 Å². The molecule has 0 unspecified atom stereocenters. The third kappa shape index (κ3) is 6.65. The number of nitrogens with zero attached hydrogens (tertiary/aromatic N) is 1. The molecule has 0 bridgehead atoms. The summed E-state index contributed by atoms with van der Waals surface area (Å²) in [6.45, 7) is 7.51. The normalized spacial score (nSPS) is 24.0. The van der Waals surface area contributed by atoms with Crippen molar-refractivity contribution in [2.24, 2.45) is 5.41 Å². The fraction of sp³-hybridized carbons (Fsp3) is 0.556. The molecule has 2 fully saturated rings. The van der Waals surface area contributed by atoms with E-state index in [0.29, 0.717) is 24.2 Å². The number of hydrogen-bond donors (Lipinski definition) is 4. The van der Waals surface area contributed by atoms with Gasteiger partial charge in [0.1, 0.15) is 18.1 Å². The molecule has 5 atom stereocenters. The van der Waals surface area contributed by atoms with Crippen LogP contribution in [0.2, 0.25) is 0 Å². The van der Waals surface area contributed by atoms with Gasteiger partial charge in [-0.2, -0.15) is 0 Å². The number of carbonyl (C=O) groups is 4. The first kappa shape index (κ1) is 28.5. The molecule has 37 heavy (non-hydrogen) atoms. The number of thioether (sulfide) groups is 1. The summed E-state index contributed by atoms with van der Waals surface area (Å²) in [6.07, 6.45) is 1.12. The molecule has 4 N–H and O–H groups in total. The van der Waals surface area contributed by atoms with Gasteiger partial charge < -0.3 is 26.2 Å². The van der Waals surface area contributed by atoms with Crippen molar-refractivity contribution < 1.29 is 19.2 Å². The van der Waals surface area contributed by atoms with Crippen LogP contribution >= 0.6 is 11.8 Å². The van der Waals surface area contributed by atoms with Crippen molar-refractivity contribution in [3.63, 3.8) is 0 Å². The highest BCUT2D eigenvalue weighted by Gasteiger charge is 2.54. The Morgan fingerprint density at radius 1 is 1.19 bits per heavy atom. The molecule has 2 aliphatic rings. The fourth-order valence-electron chi connectivity index (χ4n) is 4.77. The Kier molecular flexibility index (Phi) is 9.62. The molecular weight excluding hydrogens is 490 g/mol. The van der Waals surface area contributed by atoms with Gasteiger partial charge in [0.2, 0.25) is 23.6 Å². The molecule has 200 valence electrons. The molecule has 0 spiro atoms. The summed E-state index contributed by atoms with van der Waals surface area (Å²) in [7, 11) is 1.68. The van der Waals surface area contributed by atoms with E-state index in [1.807, 2.05) is 19.9 Å². The molecule has 10 heteroatoms. The Morgan fingerprint density at radius 3 is 2.54 bits per heavy atom. The summed E-state index contributed by atoms with van der Waals surface area (Å²) < 4.78 is 0. The van der Waals surface area contributed by atoms with Gasteiger partial charge in [-0.05, 0) is 50.5 Å². The molecule has 2 saturated heterocycles. The Hall–Kier alpha value is -3.03. The lowest BCUT2D eigenvalue weighted by molar-refractivity contribution is -0.144. The maximum atomic E-state index is 13.9. The molecule has 9 nitrogen and oxygen atoms in total. The first-order chi connectivity index (χ1) is 17.6. The summed E-state index contributed by atoms with van der Waals surface area (Å²) in [5.41, 5.74) is 0.0976. The average Bonchev–Trinajstić information content (AvgIpc) is 3.07. The second-order valence-corrected chi connectivity index (χ2v) is 11.3. The first-order valence-electron chi connectivity index (χ1n) is 12.5. The van der Waals surface area contributed by atoms with Gasteiger partial charge in [-0.15, -0.1) is 17.7 Å². The van der Waals surface area contributed by atoms with E-state index in [1.165, 1.54) is 0 Å². The van der Waals surface area contributed by atoms with Crippen LogP contribution < -0.4 is 21.3 Å². The molecule has 4 amide bonds. The van der Waals surface area contributed by atoms with Gasteiger partial charge in [-0.25, -0.2) is 0 Å². The van der Waals surface area contributed by atoms with Gasteiger partial charge in [-0.3, -0.25) is 19.2 Å². The number of rotatable bonds is 8. The van der Waals surface area contributed by atoms with Crippen molar-refractivity contribution >= 4 is 35.4 Å². The average molecular weight is 528 g/mol. The molecule has 0 radical (unpaired) electrons. The Labute approximate surface area is 223 Å². The zero-order chi connectivity index (χ0) is 27.2. The van der Waals surface area contributed by atoms with Crippen LogP contribution in [0.5, 0.6) is 0 Å². The second-order valence-electron chi connectivity index (χ2n) is 10.0. The van der Waals surface area contributed by atoms with Crippen LogP contribution in [0.1, 0.15) is 52.1 Å². The Bertz CT molecular complexity index is 1070. The Morgan fingerprint density at radius 2 is 1.89 bits per heavy atom. The molecule has 0 aromatic heterocycles. The van der Waals surface area contributed by atoms with Crippen molar-refractivity contribution in [2.45, 2.75) is 70.1 Å². The van der Waals surface area contributed by atoms with E-state index in [-0.39, 0.29) is 29.6 Å². The number of hydrogen-bond acceptors (Lipinski definition) is 6. The minimum Gasteiger partial charge on any atom is -0.343 e. The predicted molar refractivity (Wildman–Crippen MR) is 144 cm³/mol. The van der Waals surface area contributed by atoms with E-state index in [9.17, 15) is 19.2 Å². The zero-order valence-electron chi connectivity index (χ0n) is 22.1. The zero-order valence-corrected chi connectivity index (χ0v) is 22.9. The van der Waals surface area contributed by atoms with Crippen molar-refractivity contribution in [3.8, 4) is 11.8 Å².